The van der Waals surface area contributed by atoms with Gasteiger partial charge in [-0.15, -0.1) is 0 Å². The predicted molar refractivity (Wildman–Crippen MR) is 101 cm³/mol. The summed E-state index contributed by atoms with van der Waals surface area (Å²) in [6.07, 6.45) is 1.11. The number of ether oxygens (including phenoxy) is 3. The number of hydrogen-bond acceptors (Lipinski definition) is 4. The van der Waals surface area contributed by atoms with Crippen molar-refractivity contribution in [1.82, 2.24) is 5.32 Å². The molecular formula is C19H22BrNO4. The van der Waals surface area contributed by atoms with Gasteiger partial charge in [0.1, 0.15) is 23.9 Å². The van der Waals surface area contributed by atoms with Crippen molar-refractivity contribution < 1.29 is 19.0 Å². The molecule has 0 saturated heterocycles. The van der Waals surface area contributed by atoms with Crippen LogP contribution in [-0.4, -0.2) is 33.3 Å². The van der Waals surface area contributed by atoms with E-state index in [0.717, 1.165) is 27.3 Å². The summed E-state index contributed by atoms with van der Waals surface area (Å²) in [5, 5.41) is 2.86. The molecule has 2 aromatic carbocycles. The van der Waals surface area contributed by atoms with Crippen LogP contribution in [0.4, 0.5) is 0 Å². The molecule has 0 heterocycles. The summed E-state index contributed by atoms with van der Waals surface area (Å²) < 4.78 is 16.7. The molecule has 0 aliphatic heterocycles. The second-order valence-corrected chi connectivity index (χ2v) is 6.20. The minimum atomic E-state index is 0.00488. The average Bonchev–Trinajstić information content (AvgIpc) is 2.64. The largest absolute Gasteiger partial charge is 0.497 e. The Kier molecular flexibility index (Phi) is 7.60. The van der Waals surface area contributed by atoms with E-state index >= 15 is 0 Å². The summed E-state index contributed by atoms with van der Waals surface area (Å²) in [7, 11) is 3.25. The Morgan fingerprint density at radius 2 is 1.76 bits per heavy atom. The van der Waals surface area contributed by atoms with Gasteiger partial charge in [0.05, 0.1) is 25.2 Å². The van der Waals surface area contributed by atoms with Crippen molar-refractivity contribution in [3.8, 4) is 17.2 Å². The fourth-order valence-electron chi connectivity index (χ4n) is 2.24. The third kappa shape index (κ3) is 6.31. The smallest absolute Gasteiger partial charge is 0.220 e. The molecule has 0 fully saturated rings. The van der Waals surface area contributed by atoms with Crippen molar-refractivity contribution in [2.75, 3.05) is 27.4 Å². The van der Waals surface area contributed by atoms with Gasteiger partial charge >= 0.3 is 0 Å². The Labute approximate surface area is 156 Å². The summed E-state index contributed by atoms with van der Waals surface area (Å²) in [4.78, 5) is 11.9. The number of amides is 1. The van der Waals surface area contributed by atoms with Crippen LogP contribution in [0.2, 0.25) is 0 Å². The number of carbonyl (C=O) groups excluding carboxylic acids is 1. The molecule has 0 aliphatic carbocycles. The van der Waals surface area contributed by atoms with Gasteiger partial charge in [0.25, 0.3) is 0 Å². The first-order valence-corrected chi connectivity index (χ1v) is 8.77. The van der Waals surface area contributed by atoms with E-state index in [1.807, 2.05) is 42.5 Å². The van der Waals surface area contributed by atoms with Gasteiger partial charge in [0.15, 0.2) is 0 Å². The quantitative estimate of drug-likeness (QED) is 0.645. The number of nitrogens with one attached hydrogen (secondary N) is 1. The van der Waals surface area contributed by atoms with Crippen molar-refractivity contribution >= 4 is 21.8 Å². The second kappa shape index (κ2) is 9.93. The molecule has 0 bridgehead atoms. The van der Waals surface area contributed by atoms with Crippen molar-refractivity contribution in [3.63, 3.8) is 0 Å². The third-order valence-electron chi connectivity index (χ3n) is 3.61. The molecule has 0 atom stereocenters. The number of carbonyl (C=O) groups is 1. The molecule has 0 unspecified atom stereocenters. The fourth-order valence-corrected chi connectivity index (χ4v) is 2.83. The van der Waals surface area contributed by atoms with E-state index < -0.39 is 0 Å². The molecule has 134 valence electrons. The van der Waals surface area contributed by atoms with Crippen LogP contribution in [0.15, 0.2) is 46.9 Å². The van der Waals surface area contributed by atoms with E-state index in [0.29, 0.717) is 26.0 Å². The molecule has 5 nitrogen and oxygen atoms in total. The summed E-state index contributed by atoms with van der Waals surface area (Å²) in [6, 6.07) is 13.2. The van der Waals surface area contributed by atoms with Gasteiger partial charge in [-0.2, -0.15) is 0 Å². The molecule has 1 amide bonds. The minimum absolute atomic E-state index is 0.00488. The zero-order chi connectivity index (χ0) is 18.1. The van der Waals surface area contributed by atoms with E-state index in [4.69, 9.17) is 14.2 Å². The monoisotopic (exact) mass is 407 g/mol. The maximum atomic E-state index is 11.9. The predicted octanol–water partition coefficient (Wildman–Crippen LogP) is 3.59. The standard InChI is InChI=1S/C19H22BrNO4/c1-23-15-5-7-16(8-6-15)25-12-11-21-19(22)10-4-14-3-9-18(24-2)17(20)13-14/h3,5-9,13H,4,10-12H2,1-2H3,(H,21,22). The number of methoxy groups -OCH3 is 2. The molecule has 6 heteroatoms. The van der Waals surface area contributed by atoms with Crippen LogP contribution in [0.5, 0.6) is 17.2 Å². The Bertz CT molecular complexity index is 688. The molecule has 25 heavy (non-hydrogen) atoms. The van der Waals surface area contributed by atoms with Crippen molar-refractivity contribution in [3.05, 3.63) is 52.5 Å². The van der Waals surface area contributed by atoms with Crippen LogP contribution in [0.3, 0.4) is 0 Å². The van der Waals surface area contributed by atoms with Crippen LogP contribution in [0.1, 0.15) is 12.0 Å². The van der Waals surface area contributed by atoms with E-state index in [9.17, 15) is 4.79 Å². The van der Waals surface area contributed by atoms with Gasteiger partial charge in [-0.1, -0.05) is 6.07 Å². The number of halogens is 1. The molecule has 0 aromatic heterocycles. The minimum Gasteiger partial charge on any atom is -0.497 e. The van der Waals surface area contributed by atoms with Crippen molar-refractivity contribution in [1.29, 1.82) is 0 Å². The van der Waals surface area contributed by atoms with Gasteiger partial charge in [-0.05, 0) is 64.3 Å². The van der Waals surface area contributed by atoms with Gasteiger partial charge in [0.2, 0.25) is 5.91 Å². The van der Waals surface area contributed by atoms with Crippen LogP contribution < -0.4 is 19.5 Å². The lowest BCUT2D eigenvalue weighted by atomic mass is 10.1. The first-order chi connectivity index (χ1) is 12.1. The van der Waals surface area contributed by atoms with Gasteiger partial charge in [0, 0.05) is 6.42 Å². The van der Waals surface area contributed by atoms with E-state index in [1.165, 1.54) is 0 Å². The zero-order valence-corrected chi connectivity index (χ0v) is 16.0. The fraction of sp³-hybridized carbons (Fsp3) is 0.316. The molecule has 2 rings (SSSR count). The highest BCUT2D eigenvalue weighted by Crippen LogP contribution is 2.25. The van der Waals surface area contributed by atoms with Gasteiger partial charge in [-0.25, -0.2) is 0 Å². The summed E-state index contributed by atoms with van der Waals surface area (Å²) in [5.41, 5.74) is 1.08. The zero-order valence-electron chi connectivity index (χ0n) is 14.4. The Morgan fingerprint density at radius 3 is 2.40 bits per heavy atom. The average molecular weight is 408 g/mol. The number of aryl methyl sites for hydroxylation is 1. The number of hydrogen-bond donors (Lipinski definition) is 1. The highest BCUT2D eigenvalue weighted by atomic mass is 79.9. The maximum Gasteiger partial charge on any atom is 0.220 e. The highest BCUT2D eigenvalue weighted by molar-refractivity contribution is 9.10. The maximum absolute atomic E-state index is 11.9. The molecule has 1 N–H and O–H groups in total. The van der Waals surface area contributed by atoms with Crippen LogP contribution in [-0.2, 0) is 11.2 Å². The summed E-state index contributed by atoms with van der Waals surface area (Å²) >= 11 is 3.45. The summed E-state index contributed by atoms with van der Waals surface area (Å²) in [5.74, 6) is 2.32. The molecule has 2 aromatic rings. The molecular weight excluding hydrogens is 386 g/mol. The highest BCUT2D eigenvalue weighted by Gasteiger charge is 2.05. The number of rotatable bonds is 9. The Balaban J connectivity index is 1.66. The molecule has 0 aliphatic rings. The first kappa shape index (κ1) is 19.1. The molecule has 0 radical (unpaired) electrons. The third-order valence-corrected chi connectivity index (χ3v) is 4.23. The van der Waals surface area contributed by atoms with E-state index in [1.54, 1.807) is 14.2 Å². The summed E-state index contributed by atoms with van der Waals surface area (Å²) in [6.45, 7) is 0.892. The van der Waals surface area contributed by atoms with E-state index in [2.05, 4.69) is 21.2 Å². The topological polar surface area (TPSA) is 56.8 Å². The number of benzene rings is 2. The molecule has 0 saturated carbocycles. The lowest BCUT2D eigenvalue weighted by Gasteiger charge is -2.09. The van der Waals surface area contributed by atoms with Crippen molar-refractivity contribution in [2.24, 2.45) is 0 Å². The van der Waals surface area contributed by atoms with Crippen LogP contribution in [0.25, 0.3) is 0 Å². The SMILES string of the molecule is COc1ccc(OCCNC(=O)CCc2ccc(OC)c(Br)c2)cc1. The Morgan fingerprint density at radius 1 is 1.04 bits per heavy atom. The lowest BCUT2D eigenvalue weighted by Crippen LogP contribution is -2.28. The van der Waals surface area contributed by atoms with Gasteiger partial charge < -0.3 is 19.5 Å². The van der Waals surface area contributed by atoms with Crippen LogP contribution >= 0.6 is 15.9 Å². The van der Waals surface area contributed by atoms with Gasteiger partial charge in [-0.3, -0.25) is 4.79 Å². The Hall–Kier alpha value is -2.21. The second-order valence-electron chi connectivity index (χ2n) is 5.34. The van der Waals surface area contributed by atoms with Crippen molar-refractivity contribution in [2.45, 2.75) is 12.8 Å². The van der Waals surface area contributed by atoms with Crippen LogP contribution in [0, 0.1) is 0 Å². The van der Waals surface area contributed by atoms with E-state index in [-0.39, 0.29) is 5.91 Å². The normalized spacial score (nSPS) is 10.2. The lowest BCUT2D eigenvalue weighted by molar-refractivity contribution is -0.121. The molecule has 0 spiro atoms. The first-order valence-electron chi connectivity index (χ1n) is 7.98.